The molecule has 1 saturated heterocycles. The zero-order chi connectivity index (χ0) is 11.3. The van der Waals surface area contributed by atoms with Gasteiger partial charge in [0.05, 0.1) is 0 Å². The Morgan fingerprint density at radius 3 is 2.93 bits per heavy atom. The van der Waals surface area contributed by atoms with Gasteiger partial charge in [-0.15, -0.1) is 0 Å². The van der Waals surface area contributed by atoms with Crippen molar-refractivity contribution in [2.75, 3.05) is 25.4 Å². The largest absolute Gasteiger partial charge is 0.409 e. The molecular formula is C10H21N3OS. The van der Waals surface area contributed by atoms with Crippen molar-refractivity contribution in [3.8, 4) is 0 Å². The SMILES string of the molecule is CC1(C)CN(CCCC(N)=NO)CCS1. The minimum atomic E-state index is 0.334. The van der Waals surface area contributed by atoms with E-state index in [0.29, 0.717) is 17.0 Å². The Morgan fingerprint density at radius 1 is 1.60 bits per heavy atom. The van der Waals surface area contributed by atoms with Gasteiger partial charge < -0.3 is 15.8 Å². The Balaban J connectivity index is 2.21. The molecule has 5 heteroatoms. The molecule has 3 N–H and O–H groups in total. The number of nitrogens with zero attached hydrogens (tertiary/aromatic N) is 2. The Labute approximate surface area is 95.9 Å². The highest BCUT2D eigenvalue weighted by atomic mass is 32.2. The van der Waals surface area contributed by atoms with Crippen LogP contribution in [0.1, 0.15) is 26.7 Å². The van der Waals surface area contributed by atoms with Crippen molar-refractivity contribution in [2.45, 2.75) is 31.4 Å². The Morgan fingerprint density at radius 2 is 2.33 bits per heavy atom. The number of rotatable bonds is 4. The van der Waals surface area contributed by atoms with E-state index >= 15 is 0 Å². The standard InChI is InChI=1S/C10H21N3OS/c1-10(2)8-13(6-7-15-10)5-3-4-9(11)12-14/h14H,3-8H2,1-2H3,(H2,11,12). The number of nitrogens with two attached hydrogens (primary N) is 1. The van der Waals surface area contributed by atoms with Gasteiger partial charge in [-0.3, -0.25) is 0 Å². The van der Waals surface area contributed by atoms with Gasteiger partial charge in [0.25, 0.3) is 0 Å². The Hall–Kier alpha value is -0.420. The normalized spacial score (nSPS) is 22.9. The summed E-state index contributed by atoms with van der Waals surface area (Å²) in [7, 11) is 0. The zero-order valence-corrected chi connectivity index (χ0v) is 10.4. The molecule has 1 aliphatic heterocycles. The van der Waals surface area contributed by atoms with E-state index in [0.717, 1.165) is 26.1 Å². The number of amidine groups is 1. The molecule has 1 aliphatic rings. The number of thioether (sulfide) groups is 1. The van der Waals surface area contributed by atoms with Crippen LogP contribution in [0.15, 0.2) is 5.16 Å². The van der Waals surface area contributed by atoms with Gasteiger partial charge in [-0.1, -0.05) is 5.16 Å². The van der Waals surface area contributed by atoms with Crippen molar-refractivity contribution < 1.29 is 5.21 Å². The van der Waals surface area contributed by atoms with E-state index in [1.165, 1.54) is 5.75 Å². The first-order chi connectivity index (χ1) is 7.03. The van der Waals surface area contributed by atoms with Crippen molar-refractivity contribution >= 4 is 17.6 Å². The lowest BCUT2D eigenvalue weighted by molar-refractivity contribution is 0.258. The second-order valence-electron chi connectivity index (χ2n) is 4.58. The Bertz CT molecular complexity index is 231. The van der Waals surface area contributed by atoms with Crippen LogP contribution in [-0.2, 0) is 0 Å². The van der Waals surface area contributed by atoms with Gasteiger partial charge in [0.15, 0.2) is 0 Å². The lowest BCUT2D eigenvalue weighted by Gasteiger charge is -2.37. The maximum absolute atomic E-state index is 8.40. The molecule has 15 heavy (non-hydrogen) atoms. The maximum Gasteiger partial charge on any atom is 0.139 e. The predicted octanol–water partition coefficient (Wildman–Crippen LogP) is 1.34. The van der Waals surface area contributed by atoms with Crippen molar-refractivity contribution in [3.05, 3.63) is 0 Å². The van der Waals surface area contributed by atoms with Crippen LogP contribution in [-0.4, -0.2) is 46.1 Å². The van der Waals surface area contributed by atoms with Crippen LogP contribution < -0.4 is 5.73 Å². The van der Waals surface area contributed by atoms with Crippen molar-refractivity contribution in [1.29, 1.82) is 0 Å². The average Bonchev–Trinajstić information content (AvgIpc) is 2.16. The number of hydrogen-bond donors (Lipinski definition) is 2. The van der Waals surface area contributed by atoms with Crippen LogP contribution in [0.25, 0.3) is 0 Å². The van der Waals surface area contributed by atoms with Gasteiger partial charge in [0, 0.05) is 30.0 Å². The molecule has 0 aliphatic carbocycles. The second kappa shape index (κ2) is 5.61. The van der Waals surface area contributed by atoms with E-state index in [9.17, 15) is 0 Å². The van der Waals surface area contributed by atoms with Gasteiger partial charge >= 0.3 is 0 Å². The fourth-order valence-corrected chi connectivity index (χ4v) is 3.01. The number of hydrogen-bond acceptors (Lipinski definition) is 4. The van der Waals surface area contributed by atoms with Gasteiger partial charge in [0.2, 0.25) is 0 Å². The zero-order valence-electron chi connectivity index (χ0n) is 9.57. The van der Waals surface area contributed by atoms with E-state index in [-0.39, 0.29) is 0 Å². The van der Waals surface area contributed by atoms with Crippen molar-refractivity contribution in [2.24, 2.45) is 10.9 Å². The molecule has 0 spiro atoms. The topological polar surface area (TPSA) is 61.8 Å². The third kappa shape index (κ3) is 4.75. The van der Waals surface area contributed by atoms with Crippen LogP contribution in [0.3, 0.4) is 0 Å². The molecule has 0 aromatic carbocycles. The molecular weight excluding hydrogens is 210 g/mol. The van der Waals surface area contributed by atoms with Gasteiger partial charge in [-0.25, -0.2) is 0 Å². The van der Waals surface area contributed by atoms with Crippen LogP contribution in [0.4, 0.5) is 0 Å². The molecule has 0 radical (unpaired) electrons. The summed E-state index contributed by atoms with van der Waals surface area (Å²) in [6, 6.07) is 0. The molecule has 0 unspecified atom stereocenters. The van der Waals surface area contributed by atoms with Gasteiger partial charge in [-0.05, 0) is 26.8 Å². The third-order valence-electron chi connectivity index (χ3n) is 2.54. The smallest absolute Gasteiger partial charge is 0.139 e. The summed E-state index contributed by atoms with van der Waals surface area (Å²) in [5.41, 5.74) is 5.42. The van der Waals surface area contributed by atoms with E-state index in [1.54, 1.807) is 0 Å². The van der Waals surface area contributed by atoms with E-state index in [4.69, 9.17) is 10.9 Å². The third-order valence-corrected chi connectivity index (χ3v) is 3.84. The summed E-state index contributed by atoms with van der Waals surface area (Å²) in [4.78, 5) is 2.46. The quantitative estimate of drug-likeness (QED) is 0.332. The molecule has 4 nitrogen and oxygen atoms in total. The first-order valence-electron chi connectivity index (χ1n) is 5.36. The minimum absolute atomic E-state index is 0.334. The summed E-state index contributed by atoms with van der Waals surface area (Å²) in [6.07, 6.45) is 1.65. The second-order valence-corrected chi connectivity index (χ2v) is 6.38. The molecule has 0 atom stereocenters. The van der Waals surface area contributed by atoms with E-state index in [2.05, 4.69) is 23.9 Å². The van der Waals surface area contributed by atoms with Gasteiger partial charge in [0.1, 0.15) is 5.84 Å². The summed E-state index contributed by atoms with van der Waals surface area (Å²) in [5.74, 6) is 1.54. The first kappa shape index (κ1) is 12.6. The van der Waals surface area contributed by atoms with Crippen LogP contribution in [0, 0.1) is 0 Å². The molecule has 0 aromatic rings. The first-order valence-corrected chi connectivity index (χ1v) is 6.35. The molecule has 0 aromatic heterocycles. The molecule has 0 bridgehead atoms. The fraction of sp³-hybridized carbons (Fsp3) is 0.900. The molecule has 0 amide bonds. The van der Waals surface area contributed by atoms with Gasteiger partial charge in [-0.2, -0.15) is 11.8 Å². The minimum Gasteiger partial charge on any atom is -0.409 e. The molecule has 1 fully saturated rings. The van der Waals surface area contributed by atoms with Crippen molar-refractivity contribution in [1.82, 2.24) is 4.90 Å². The number of oxime groups is 1. The van der Waals surface area contributed by atoms with E-state index in [1.807, 2.05) is 11.8 Å². The lowest BCUT2D eigenvalue weighted by atomic mass is 10.1. The molecule has 1 rings (SSSR count). The Kier molecular flexibility index (Phi) is 4.73. The van der Waals surface area contributed by atoms with E-state index < -0.39 is 0 Å². The average molecular weight is 231 g/mol. The monoisotopic (exact) mass is 231 g/mol. The molecule has 1 heterocycles. The van der Waals surface area contributed by atoms with Crippen LogP contribution in [0.5, 0.6) is 0 Å². The predicted molar refractivity (Wildman–Crippen MR) is 65.6 cm³/mol. The van der Waals surface area contributed by atoms with Crippen molar-refractivity contribution in [3.63, 3.8) is 0 Å². The highest BCUT2D eigenvalue weighted by Crippen LogP contribution is 2.29. The fourth-order valence-electron chi connectivity index (χ4n) is 1.84. The summed E-state index contributed by atoms with van der Waals surface area (Å²) in [5, 5.41) is 11.4. The van der Waals surface area contributed by atoms with Crippen LogP contribution in [0.2, 0.25) is 0 Å². The summed E-state index contributed by atoms with van der Waals surface area (Å²) >= 11 is 2.04. The highest BCUT2D eigenvalue weighted by molar-refractivity contribution is 8.00. The molecule has 88 valence electrons. The maximum atomic E-state index is 8.40. The lowest BCUT2D eigenvalue weighted by Crippen LogP contribution is -2.43. The molecule has 0 saturated carbocycles. The highest BCUT2D eigenvalue weighted by Gasteiger charge is 2.26. The van der Waals surface area contributed by atoms with Crippen LogP contribution >= 0.6 is 11.8 Å². The summed E-state index contributed by atoms with van der Waals surface area (Å²) < 4.78 is 0.370. The summed E-state index contributed by atoms with van der Waals surface area (Å²) in [6.45, 7) is 7.90.